The van der Waals surface area contributed by atoms with Gasteiger partial charge in [0.25, 0.3) is 0 Å². The lowest BCUT2D eigenvalue weighted by molar-refractivity contribution is -0.386. The van der Waals surface area contributed by atoms with Crippen LogP contribution in [0.4, 0.5) is 5.69 Å². The van der Waals surface area contributed by atoms with Crippen molar-refractivity contribution in [2.45, 2.75) is 51.5 Å². The number of nitrogens with zero attached hydrogens (tertiary/aromatic N) is 2. The van der Waals surface area contributed by atoms with E-state index in [2.05, 4.69) is 12.6 Å². The fraction of sp³-hybridized carbons (Fsp3) is 0.692. The summed E-state index contributed by atoms with van der Waals surface area (Å²) in [6, 6.07) is 0. The van der Waals surface area contributed by atoms with E-state index < -0.39 is 21.9 Å². The number of nitro groups is 1. The van der Waals surface area contributed by atoms with E-state index in [9.17, 15) is 19.7 Å². The first-order chi connectivity index (χ1) is 10.1. The molecule has 8 heteroatoms. The lowest BCUT2D eigenvalue weighted by Crippen LogP contribution is -2.30. The van der Waals surface area contributed by atoms with Gasteiger partial charge in [0.15, 0.2) is 0 Å². The average molecular weight is 315 g/mol. The molecule has 1 N–H and O–H groups in total. The quantitative estimate of drug-likeness (QED) is 0.299. The van der Waals surface area contributed by atoms with Crippen molar-refractivity contribution in [3.05, 3.63) is 37.1 Å². The number of H-pyrrole nitrogens is 1. The Bertz CT molecular complexity index is 567. The molecule has 0 aliphatic carbocycles. The number of hydrogen-bond donors (Lipinski definition) is 2. The Labute approximate surface area is 127 Å². The Hall–Kier alpha value is -1.57. The molecule has 0 saturated carbocycles. The highest BCUT2D eigenvalue weighted by molar-refractivity contribution is 7.80. The molecule has 0 spiro atoms. The first kappa shape index (κ1) is 17.5. The molecule has 0 atom stereocenters. The van der Waals surface area contributed by atoms with Gasteiger partial charge in [-0.2, -0.15) is 12.6 Å². The standard InChI is InChI=1S/C13H21N3O4S/c17-12-11(16(19)20)10-15(13(18)14-12)8-6-4-2-1-3-5-7-9-21/h10,21H,1-9H2,(H,14,17,18). The second kappa shape index (κ2) is 9.38. The first-order valence-electron chi connectivity index (χ1n) is 7.15. The van der Waals surface area contributed by atoms with Crippen LogP contribution in [0.1, 0.15) is 44.9 Å². The van der Waals surface area contributed by atoms with Crippen molar-refractivity contribution in [2.24, 2.45) is 0 Å². The Morgan fingerprint density at radius 2 is 1.67 bits per heavy atom. The molecule has 0 radical (unpaired) electrons. The van der Waals surface area contributed by atoms with Crippen LogP contribution in [0.3, 0.4) is 0 Å². The highest BCUT2D eigenvalue weighted by Crippen LogP contribution is 2.08. The normalized spacial score (nSPS) is 10.7. The highest BCUT2D eigenvalue weighted by Gasteiger charge is 2.14. The summed E-state index contributed by atoms with van der Waals surface area (Å²) in [4.78, 5) is 34.6. The smallest absolute Gasteiger partial charge is 0.294 e. The number of aromatic amines is 1. The van der Waals surface area contributed by atoms with E-state index in [1.165, 1.54) is 17.4 Å². The third-order valence-corrected chi connectivity index (χ3v) is 3.56. The van der Waals surface area contributed by atoms with Crippen molar-refractivity contribution in [3.8, 4) is 0 Å². The minimum atomic E-state index is -0.953. The number of rotatable bonds is 10. The second-order valence-electron chi connectivity index (χ2n) is 4.92. The summed E-state index contributed by atoms with van der Waals surface area (Å²) in [6.07, 6.45) is 8.48. The maximum Gasteiger partial charge on any atom is 0.350 e. The molecule has 7 nitrogen and oxygen atoms in total. The molecule has 0 aromatic carbocycles. The van der Waals surface area contributed by atoms with Crippen LogP contribution < -0.4 is 11.2 Å². The Balaban J connectivity index is 2.39. The molecule has 0 aliphatic rings. The number of thiol groups is 1. The molecule has 118 valence electrons. The minimum Gasteiger partial charge on any atom is -0.294 e. The predicted octanol–water partition coefficient (Wildman–Crippen LogP) is 2.11. The van der Waals surface area contributed by atoms with Gasteiger partial charge in [-0.25, -0.2) is 4.79 Å². The summed E-state index contributed by atoms with van der Waals surface area (Å²) in [5, 5.41) is 10.7. The SMILES string of the molecule is O=c1[nH]c(=O)n(CCCCCCCCCS)cc1[N+](=O)[O-]. The van der Waals surface area contributed by atoms with Crippen LogP contribution >= 0.6 is 12.6 Å². The molecule has 21 heavy (non-hydrogen) atoms. The molecule has 0 fully saturated rings. The van der Waals surface area contributed by atoms with Gasteiger partial charge < -0.3 is 0 Å². The maximum atomic E-state index is 11.5. The molecule has 0 aliphatic heterocycles. The molecular weight excluding hydrogens is 294 g/mol. The van der Waals surface area contributed by atoms with Crippen LogP contribution in [0.5, 0.6) is 0 Å². The van der Waals surface area contributed by atoms with Crippen molar-refractivity contribution in [1.82, 2.24) is 9.55 Å². The topological polar surface area (TPSA) is 98.0 Å². The number of nitrogens with one attached hydrogen (secondary N) is 1. The minimum absolute atomic E-state index is 0.382. The number of aromatic nitrogens is 2. The summed E-state index contributed by atoms with van der Waals surface area (Å²) in [7, 11) is 0. The van der Waals surface area contributed by atoms with Crippen molar-refractivity contribution in [3.63, 3.8) is 0 Å². The summed E-state index contributed by atoms with van der Waals surface area (Å²) < 4.78 is 1.19. The summed E-state index contributed by atoms with van der Waals surface area (Å²) >= 11 is 4.15. The summed E-state index contributed by atoms with van der Waals surface area (Å²) in [5.41, 5.74) is -2.15. The predicted molar refractivity (Wildman–Crippen MR) is 84.1 cm³/mol. The van der Waals surface area contributed by atoms with Gasteiger partial charge in [0.2, 0.25) is 0 Å². The zero-order valence-electron chi connectivity index (χ0n) is 11.9. The van der Waals surface area contributed by atoms with E-state index in [0.717, 1.165) is 44.1 Å². The van der Waals surface area contributed by atoms with E-state index in [-0.39, 0.29) is 0 Å². The molecule has 1 aromatic heterocycles. The van der Waals surface area contributed by atoms with Crippen LogP contribution in [0.25, 0.3) is 0 Å². The molecule has 0 saturated heterocycles. The van der Waals surface area contributed by atoms with Gasteiger partial charge in [0.1, 0.15) is 0 Å². The van der Waals surface area contributed by atoms with Crippen molar-refractivity contribution in [1.29, 1.82) is 0 Å². The first-order valence-corrected chi connectivity index (χ1v) is 7.78. The largest absolute Gasteiger partial charge is 0.350 e. The van der Waals surface area contributed by atoms with Gasteiger partial charge >= 0.3 is 16.9 Å². The van der Waals surface area contributed by atoms with E-state index >= 15 is 0 Å². The molecular formula is C13H21N3O4S. The summed E-state index contributed by atoms with van der Waals surface area (Å²) in [5.74, 6) is 0.925. The number of aryl methyl sites for hydroxylation is 1. The third-order valence-electron chi connectivity index (χ3n) is 3.25. The van der Waals surface area contributed by atoms with E-state index in [4.69, 9.17) is 0 Å². The summed E-state index contributed by atoms with van der Waals surface area (Å²) in [6.45, 7) is 0.382. The van der Waals surface area contributed by atoms with Gasteiger partial charge in [0.05, 0.1) is 11.1 Å². The highest BCUT2D eigenvalue weighted by atomic mass is 32.1. The van der Waals surface area contributed by atoms with Crippen LogP contribution in [0.15, 0.2) is 15.8 Å². The van der Waals surface area contributed by atoms with Crippen molar-refractivity contribution < 1.29 is 4.92 Å². The number of hydrogen-bond acceptors (Lipinski definition) is 5. The van der Waals surface area contributed by atoms with E-state index in [1.807, 2.05) is 4.98 Å². The monoisotopic (exact) mass is 315 g/mol. The molecule has 0 amide bonds. The Morgan fingerprint density at radius 1 is 1.10 bits per heavy atom. The van der Waals surface area contributed by atoms with Gasteiger partial charge in [-0.05, 0) is 18.6 Å². The van der Waals surface area contributed by atoms with Gasteiger partial charge in [-0.1, -0.05) is 32.1 Å². The molecule has 0 unspecified atom stereocenters. The van der Waals surface area contributed by atoms with Crippen LogP contribution in [-0.2, 0) is 6.54 Å². The molecule has 0 bridgehead atoms. The van der Waals surface area contributed by atoms with Crippen molar-refractivity contribution >= 4 is 18.3 Å². The maximum absolute atomic E-state index is 11.5. The lowest BCUT2D eigenvalue weighted by atomic mass is 10.1. The Morgan fingerprint density at radius 3 is 2.24 bits per heavy atom. The van der Waals surface area contributed by atoms with Crippen LogP contribution in [0.2, 0.25) is 0 Å². The van der Waals surface area contributed by atoms with Crippen LogP contribution in [0, 0.1) is 10.1 Å². The number of unbranched alkanes of at least 4 members (excludes halogenated alkanes) is 6. The van der Waals surface area contributed by atoms with Crippen LogP contribution in [-0.4, -0.2) is 20.2 Å². The van der Waals surface area contributed by atoms with Gasteiger partial charge in [-0.3, -0.25) is 24.5 Å². The molecule has 1 heterocycles. The van der Waals surface area contributed by atoms with Crippen molar-refractivity contribution in [2.75, 3.05) is 5.75 Å². The lowest BCUT2D eigenvalue weighted by Gasteiger charge is -2.04. The zero-order valence-corrected chi connectivity index (χ0v) is 12.8. The zero-order chi connectivity index (χ0) is 15.7. The van der Waals surface area contributed by atoms with Gasteiger partial charge in [0, 0.05) is 6.54 Å². The average Bonchev–Trinajstić information content (AvgIpc) is 2.43. The molecule has 1 rings (SSSR count). The fourth-order valence-corrected chi connectivity index (χ4v) is 2.30. The third kappa shape index (κ3) is 6.16. The van der Waals surface area contributed by atoms with E-state index in [0.29, 0.717) is 6.54 Å². The molecule has 1 aromatic rings. The Kier molecular flexibility index (Phi) is 7.81. The van der Waals surface area contributed by atoms with E-state index in [1.54, 1.807) is 0 Å². The second-order valence-corrected chi connectivity index (χ2v) is 5.37. The fourth-order valence-electron chi connectivity index (χ4n) is 2.07. The van der Waals surface area contributed by atoms with Gasteiger partial charge in [-0.15, -0.1) is 0 Å².